The lowest BCUT2D eigenvalue weighted by Gasteiger charge is -2.17. The van der Waals surface area contributed by atoms with E-state index in [-0.39, 0.29) is 12.0 Å². The van der Waals surface area contributed by atoms with E-state index in [4.69, 9.17) is 16.3 Å². The molecule has 0 radical (unpaired) electrons. The zero-order valence-corrected chi connectivity index (χ0v) is 12.5. The van der Waals surface area contributed by atoms with Gasteiger partial charge in [0.15, 0.2) is 5.82 Å². The third kappa shape index (κ3) is 3.72. The molecule has 1 fully saturated rings. The fourth-order valence-electron chi connectivity index (χ4n) is 2.07. The molecular weight excluding hydrogens is 280 g/mol. The predicted octanol–water partition coefficient (Wildman–Crippen LogP) is 1.15. The van der Waals surface area contributed by atoms with Gasteiger partial charge in [0.05, 0.1) is 18.9 Å². The summed E-state index contributed by atoms with van der Waals surface area (Å²) in [6.07, 6.45) is 4.43. The fraction of sp³-hybridized carbons (Fsp3) is 0.615. The molecule has 20 heavy (non-hydrogen) atoms. The van der Waals surface area contributed by atoms with Gasteiger partial charge >= 0.3 is 0 Å². The number of amides is 1. The maximum atomic E-state index is 11.7. The van der Waals surface area contributed by atoms with Crippen LogP contribution in [-0.2, 0) is 4.79 Å². The van der Waals surface area contributed by atoms with E-state index in [0.29, 0.717) is 31.3 Å². The molecule has 1 unspecified atom stereocenters. The quantitative estimate of drug-likeness (QED) is 0.763. The first-order chi connectivity index (χ1) is 9.60. The average molecular weight is 299 g/mol. The molecule has 1 aromatic heterocycles. The summed E-state index contributed by atoms with van der Waals surface area (Å²) in [5.74, 6) is 1.68. The summed E-state index contributed by atoms with van der Waals surface area (Å²) in [4.78, 5) is 23.9. The molecule has 7 heteroatoms. The van der Waals surface area contributed by atoms with Crippen LogP contribution in [0.25, 0.3) is 0 Å². The molecule has 2 rings (SSSR count). The van der Waals surface area contributed by atoms with Crippen molar-refractivity contribution >= 4 is 23.3 Å². The predicted molar refractivity (Wildman–Crippen MR) is 77.3 cm³/mol. The summed E-state index contributed by atoms with van der Waals surface area (Å²) in [6, 6.07) is 0. The fourth-order valence-corrected chi connectivity index (χ4v) is 2.23. The summed E-state index contributed by atoms with van der Waals surface area (Å²) < 4.78 is 5.80. The molecule has 0 bridgehead atoms. The molecule has 0 aliphatic carbocycles. The molecule has 2 heterocycles. The zero-order chi connectivity index (χ0) is 14.5. The van der Waals surface area contributed by atoms with Crippen molar-refractivity contribution in [2.75, 3.05) is 38.0 Å². The first-order valence-electron chi connectivity index (χ1n) is 6.60. The largest absolute Gasteiger partial charge is 0.471 e. The summed E-state index contributed by atoms with van der Waals surface area (Å²) in [6.45, 7) is 1.30. The maximum Gasteiger partial charge on any atom is 0.234 e. The Kier molecular flexibility index (Phi) is 5.00. The number of nitrogens with zero attached hydrogens (tertiary/aromatic N) is 4. The van der Waals surface area contributed by atoms with E-state index in [1.807, 2.05) is 19.0 Å². The Bertz CT molecular complexity index is 469. The van der Waals surface area contributed by atoms with Crippen LogP contribution in [0.3, 0.4) is 0 Å². The molecule has 0 aromatic carbocycles. The van der Waals surface area contributed by atoms with Gasteiger partial charge in [0, 0.05) is 39.4 Å². The SMILES string of the molecule is CN(C)c1cncc(OC2CCN(C(=O)CCCl)C2)n1. The molecular formula is C13H19ClN4O2. The van der Waals surface area contributed by atoms with Crippen LogP contribution >= 0.6 is 11.6 Å². The monoisotopic (exact) mass is 298 g/mol. The first-order valence-corrected chi connectivity index (χ1v) is 7.13. The van der Waals surface area contributed by atoms with Crippen LogP contribution < -0.4 is 9.64 Å². The van der Waals surface area contributed by atoms with Crippen LogP contribution in [0, 0.1) is 0 Å². The Balaban J connectivity index is 1.92. The van der Waals surface area contributed by atoms with E-state index in [9.17, 15) is 4.79 Å². The molecule has 6 nitrogen and oxygen atoms in total. The highest BCUT2D eigenvalue weighted by atomic mass is 35.5. The number of halogens is 1. The number of aromatic nitrogens is 2. The number of alkyl halides is 1. The number of carbonyl (C=O) groups is 1. The van der Waals surface area contributed by atoms with E-state index >= 15 is 0 Å². The third-order valence-electron chi connectivity index (χ3n) is 3.15. The second-order valence-corrected chi connectivity index (χ2v) is 5.30. The average Bonchev–Trinajstić information content (AvgIpc) is 2.88. The van der Waals surface area contributed by atoms with Gasteiger partial charge in [0.1, 0.15) is 6.10 Å². The second-order valence-electron chi connectivity index (χ2n) is 4.92. The van der Waals surface area contributed by atoms with Crippen molar-refractivity contribution in [3.8, 4) is 5.88 Å². The van der Waals surface area contributed by atoms with Gasteiger partial charge < -0.3 is 14.5 Å². The van der Waals surface area contributed by atoms with Crippen molar-refractivity contribution in [3.05, 3.63) is 12.4 Å². The van der Waals surface area contributed by atoms with Gasteiger partial charge in [0.25, 0.3) is 0 Å². The van der Waals surface area contributed by atoms with Crippen LogP contribution in [0.1, 0.15) is 12.8 Å². The van der Waals surface area contributed by atoms with Crippen LogP contribution in [0.15, 0.2) is 12.4 Å². The minimum atomic E-state index is -0.0269. The van der Waals surface area contributed by atoms with Crippen molar-refractivity contribution in [3.63, 3.8) is 0 Å². The van der Waals surface area contributed by atoms with Crippen molar-refractivity contribution in [1.82, 2.24) is 14.9 Å². The Morgan fingerprint density at radius 1 is 1.55 bits per heavy atom. The van der Waals surface area contributed by atoms with Gasteiger partial charge in [-0.1, -0.05) is 0 Å². The highest BCUT2D eigenvalue weighted by Crippen LogP contribution is 2.18. The molecule has 1 atom stereocenters. The van der Waals surface area contributed by atoms with Gasteiger partial charge in [-0.25, -0.2) is 0 Å². The van der Waals surface area contributed by atoms with E-state index in [0.717, 1.165) is 12.2 Å². The van der Waals surface area contributed by atoms with Crippen molar-refractivity contribution < 1.29 is 9.53 Å². The molecule has 1 amide bonds. The number of anilines is 1. The highest BCUT2D eigenvalue weighted by molar-refractivity contribution is 6.18. The van der Waals surface area contributed by atoms with Gasteiger partial charge in [-0.2, -0.15) is 4.98 Å². The smallest absolute Gasteiger partial charge is 0.234 e. The summed E-state index contributed by atoms with van der Waals surface area (Å²) >= 11 is 5.59. The van der Waals surface area contributed by atoms with Gasteiger partial charge in [0.2, 0.25) is 11.8 Å². The Morgan fingerprint density at radius 2 is 2.35 bits per heavy atom. The molecule has 0 spiro atoms. The number of ether oxygens (including phenoxy) is 1. The third-order valence-corrected chi connectivity index (χ3v) is 3.34. The van der Waals surface area contributed by atoms with E-state index < -0.39 is 0 Å². The molecule has 1 aliphatic heterocycles. The Morgan fingerprint density at radius 3 is 3.05 bits per heavy atom. The van der Waals surface area contributed by atoms with Crippen LogP contribution in [-0.4, -0.2) is 59.9 Å². The first kappa shape index (κ1) is 14.8. The van der Waals surface area contributed by atoms with Crippen molar-refractivity contribution in [2.24, 2.45) is 0 Å². The topological polar surface area (TPSA) is 58.6 Å². The summed E-state index contributed by atoms with van der Waals surface area (Å²) in [7, 11) is 3.80. The molecule has 0 N–H and O–H groups in total. The number of likely N-dealkylation sites (tertiary alicyclic amines) is 1. The molecule has 1 aliphatic rings. The van der Waals surface area contributed by atoms with Crippen LogP contribution in [0.5, 0.6) is 5.88 Å². The number of hydrogen-bond acceptors (Lipinski definition) is 5. The van der Waals surface area contributed by atoms with Crippen LogP contribution in [0.4, 0.5) is 5.82 Å². The summed E-state index contributed by atoms with van der Waals surface area (Å²) in [5.41, 5.74) is 0. The minimum absolute atomic E-state index is 0.0269. The van der Waals surface area contributed by atoms with E-state index in [2.05, 4.69) is 9.97 Å². The molecule has 110 valence electrons. The Labute approximate surface area is 123 Å². The van der Waals surface area contributed by atoms with Gasteiger partial charge in [-0.3, -0.25) is 9.78 Å². The zero-order valence-electron chi connectivity index (χ0n) is 11.8. The van der Waals surface area contributed by atoms with Crippen molar-refractivity contribution in [1.29, 1.82) is 0 Å². The standard InChI is InChI=1S/C13H19ClN4O2/c1-17(2)11-7-15-8-12(16-11)20-10-4-6-18(9-10)13(19)3-5-14/h7-8,10H,3-6,9H2,1-2H3. The lowest BCUT2D eigenvalue weighted by Crippen LogP contribution is -2.31. The lowest BCUT2D eigenvalue weighted by atomic mass is 10.3. The maximum absolute atomic E-state index is 11.7. The minimum Gasteiger partial charge on any atom is -0.471 e. The number of rotatable bonds is 5. The highest BCUT2D eigenvalue weighted by Gasteiger charge is 2.27. The molecule has 1 aromatic rings. The van der Waals surface area contributed by atoms with Crippen LogP contribution in [0.2, 0.25) is 0 Å². The summed E-state index contributed by atoms with van der Waals surface area (Å²) in [5, 5.41) is 0. The second kappa shape index (κ2) is 6.74. The molecule has 0 saturated carbocycles. The number of hydrogen-bond donors (Lipinski definition) is 0. The van der Waals surface area contributed by atoms with E-state index in [1.54, 1.807) is 17.3 Å². The normalized spacial score (nSPS) is 18.1. The van der Waals surface area contributed by atoms with E-state index in [1.165, 1.54) is 0 Å². The van der Waals surface area contributed by atoms with Crippen molar-refractivity contribution in [2.45, 2.75) is 18.9 Å². The lowest BCUT2D eigenvalue weighted by molar-refractivity contribution is -0.130. The van der Waals surface area contributed by atoms with Gasteiger partial charge in [-0.15, -0.1) is 11.6 Å². The molecule has 1 saturated heterocycles. The number of carbonyl (C=O) groups excluding carboxylic acids is 1. The van der Waals surface area contributed by atoms with Gasteiger partial charge in [-0.05, 0) is 0 Å². The Hall–Kier alpha value is -1.56.